The topological polar surface area (TPSA) is 133 Å². The number of rotatable bonds is 8. The van der Waals surface area contributed by atoms with E-state index in [9.17, 15) is 28.1 Å². The Bertz CT molecular complexity index is 1660. The molecule has 1 aliphatic rings. The number of nitro benzene ring substituents is 1. The first kappa shape index (κ1) is 28.4. The van der Waals surface area contributed by atoms with Crippen LogP contribution < -0.4 is 8.92 Å². The third kappa shape index (κ3) is 6.19. The number of hydrogen-bond acceptors (Lipinski definition) is 9. The Morgan fingerprint density at radius 1 is 1.05 bits per heavy atom. The molecule has 3 aromatic rings. The van der Waals surface area contributed by atoms with Crippen LogP contribution >= 0.6 is 35.0 Å². The van der Waals surface area contributed by atoms with Crippen LogP contribution in [-0.2, 0) is 21.5 Å². The summed E-state index contributed by atoms with van der Waals surface area (Å²) in [5.41, 5.74) is 0.904. The number of benzene rings is 3. The lowest BCUT2D eigenvalue weighted by molar-refractivity contribution is -0.385. The summed E-state index contributed by atoms with van der Waals surface area (Å²) in [5, 5.41) is 11.5. The van der Waals surface area contributed by atoms with Crippen LogP contribution in [0, 0.1) is 17.0 Å². The Balaban J connectivity index is 1.57. The van der Waals surface area contributed by atoms with Crippen molar-refractivity contribution in [2.45, 2.75) is 18.4 Å². The minimum atomic E-state index is -4.44. The van der Waals surface area contributed by atoms with E-state index in [1.807, 2.05) is 0 Å². The van der Waals surface area contributed by atoms with E-state index < -0.39 is 31.1 Å². The van der Waals surface area contributed by atoms with Crippen LogP contribution in [0.4, 0.5) is 10.5 Å². The molecule has 3 aromatic carbocycles. The second-order valence-corrected chi connectivity index (χ2v) is 11.5. The van der Waals surface area contributed by atoms with Crippen molar-refractivity contribution in [1.82, 2.24) is 4.90 Å². The number of nitrogens with zero attached hydrogens (tertiary/aromatic N) is 2. The average molecular weight is 609 g/mol. The summed E-state index contributed by atoms with van der Waals surface area (Å²) in [7, 11) is -3.15. The van der Waals surface area contributed by atoms with Gasteiger partial charge in [-0.05, 0) is 66.2 Å². The van der Waals surface area contributed by atoms with Gasteiger partial charge in [-0.15, -0.1) is 0 Å². The van der Waals surface area contributed by atoms with Gasteiger partial charge >= 0.3 is 10.1 Å². The number of nitro groups is 1. The van der Waals surface area contributed by atoms with Crippen molar-refractivity contribution in [2.75, 3.05) is 7.11 Å². The first-order valence-corrected chi connectivity index (χ1v) is 13.9. The number of amides is 2. The van der Waals surface area contributed by atoms with Gasteiger partial charge in [0.2, 0.25) is 0 Å². The number of halogens is 2. The minimum absolute atomic E-state index is 0.0149. The number of methoxy groups -OCH3 is 1. The molecule has 1 aliphatic heterocycles. The molecule has 10 nitrogen and oxygen atoms in total. The minimum Gasteiger partial charge on any atom is -0.493 e. The molecule has 0 N–H and O–H groups in total. The molecular weight excluding hydrogens is 591 g/mol. The SMILES string of the molecule is COc1cc(/C=C2\SC(=O)N(Cc3ccc(Cl)cc3Cl)C2=O)ccc1OS(=O)(=O)c1ccc(C)c([N+](=O)[O-])c1. The summed E-state index contributed by atoms with van der Waals surface area (Å²) < 4.78 is 36.1. The average Bonchev–Trinajstić information content (AvgIpc) is 3.13. The van der Waals surface area contributed by atoms with Gasteiger partial charge in [-0.2, -0.15) is 8.42 Å². The molecule has 14 heteroatoms. The lowest BCUT2D eigenvalue weighted by Crippen LogP contribution is -2.27. The molecule has 0 radical (unpaired) electrons. The normalized spacial score (nSPS) is 14.7. The summed E-state index contributed by atoms with van der Waals surface area (Å²) >= 11 is 12.8. The highest BCUT2D eigenvalue weighted by atomic mass is 35.5. The van der Waals surface area contributed by atoms with E-state index in [0.29, 0.717) is 26.7 Å². The second kappa shape index (κ2) is 11.3. The van der Waals surface area contributed by atoms with Crippen LogP contribution in [0.2, 0.25) is 10.0 Å². The van der Waals surface area contributed by atoms with E-state index in [1.165, 1.54) is 56.5 Å². The molecule has 0 aromatic heterocycles. The van der Waals surface area contributed by atoms with Crippen molar-refractivity contribution in [3.05, 3.63) is 96.4 Å². The number of imide groups is 1. The molecule has 0 unspecified atom stereocenters. The van der Waals surface area contributed by atoms with Gasteiger partial charge in [-0.3, -0.25) is 24.6 Å². The first-order chi connectivity index (χ1) is 18.4. The van der Waals surface area contributed by atoms with Gasteiger partial charge in [0.05, 0.1) is 23.5 Å². The van der Waals surface area contributed by atoms with E-state index in [0.717, 1.165) is 22.7 Å². The monoisotopic (exact) mass is 608 g/mol. The van der Waals surface area contributed by atoms with Gasteiger partial charge in [-0.1, -0.05) is 41.4 Å². The van der Waals surface area contributed by atoms with Gasteiger partial charge in [0, 0.05) is 21.7 Å². The Labute approximate surface area is 237 Å². The highest BCUT2D eigenvalue weighted by Crippen LogP contribution is 2.37. The summed E-state index contributed by atoms with van der Waals surface area (Å²) in [4.78, 5) is 36.8. The fraction of sp³-hybridized carbons (Fsp3) is 0.120. The molecule has 1 saturated heterocycles. The molecular formula is C25H18Cl2N2O8S2. The Morgan fingerprint density at radius 2 is 1.79 bits per heavy atom. The largest absolute Gasteiger partial charge is 0.493 e. The van der Waals surface area contributed by atoms with Crippen LogP contribution in [0.15, 0.2) is 64.4 Å². The predicted octanol–water partition coefficient (Wildman–Crippen LogP) is 6.22. The molecule has 2 amide bonds. The summed E-state index contributed by atoms with van der Waals surface area (Å²) in [5.74, 6) is -0.691. The van der Waals surface area contributed by atoms with E-state index >= 15 is 0 Å². The predicted molar refractivity (Wildman–Crippen MR) is 147 cm³/mol. The zero-order valence-corrected chi connectivity index (χ0v) is 23.4. The standard InChI is InChI=1S/C25H18Cl2N2O8S2/c1-14-3-7-18(12-20(14)29(32)33)39(34,35)37-21-8-4-15(9-22(21)36-2)10-23-24(30)28(25(31)38-23)13-16-5-6-17(26)11-19(16)27/h3-12H,13H2,1-2H3/b23-10-. The third-order valence-electron chi connectivity index (χ3n) is 5.57. The van der Waals surface area contributed by atoms with Gasteiger partial charge in [0.1, 0.15) is 4.90 Å². The van der Waals surface area contributed by atoms with E-state index in [1.54, 1.807) is 12.1 Å². The lowest BCUT2D eigenvalue weighted by Gasteiger charge is -2.13. The van der Waals surface area contributed by atoms with Crippen LogP contribution in [0.3, 0.4) is 0 Å². The fourth-order valence-electron chi connectivity index (χ4n) is 3.56. The molecule has 0 spiro atoms. The molecule has 1 heterocycles. The zero-order chi connectivity index (χ0) is 28.5. The van der Waals surface area contributed by atoms with Gasteiger partial charge in [0.15, 0.2) is 11.5 Å². The summed E-state index contributed by atoms with van der Waals surface area (Å²) in [6.45, 7) is 1.45. The lowest BCUT2D eigenvalue weighted by atomic mass is 10.1. The van der Waals surface area contributed by atoms with Crippen molar-refractivity contribution < 1.29 is 31.9 Å². The van der Waals surface area contributed by atoms with Crippen molar-refractivity contribution in [1.29, 1.82) is 0 Å². The number of carbonyl (C=O) groups is 2. The molecule has 0 atom stereocenters. The van der Waals surface area contributed by atoms with E-state index in [-0.39, 0.29) is 28.6 Å². The van der Waals surface area contributed by atoms with Crippen molar-refractivity contribution >= 4 is 68.0 Å². The molecule has 39 heavy (non-hydrogen) atoms. The number of hydrogen-bond donors (Lipinski definition) is 0. The van der Waals surface area contributed by atoms with E-state index in [2.05, 4.69) is 0 Å². The van der Waals surface area contributed by atoms with Crippen LogP contribution in [0.5, 0.6) is 11.5 Å². The van der Waals surface area contributed by atoms with Crippen molar-refractivity contribution in [2.24, 2.45) is 0 Å². The Morgan fingerprint density at radius 3 is 2.46 bits per heavy atom. The number of ether oxygens (including phenoxy) is 1. The maximum atomic E-state index is 12.9. The molecule has 4 rings (SSSR count). The fourth-order valence-corrected chi connectivity index (χ4v) is 5.83. The van der Waals surface area contributed by atoms with Crippen molar-refractivity contribution in [3.63, 3.8) is 0 Å². The van der Waals surface area contributed by atoms with Crippen LogP contribution in [0.1, 0.15) is 16.7 Å². The van der Waals surface area contributed by atoms with Gasteiger partial charge in [-0.25, -0.2) is 0 Å². The van der Waals surface area contributed by atoms with E-state index in [4.69, 9.17) is 32.1 Å². The first-order valence-electron chi connectivity index (χ1n) is 11.0. The summed E-state index contributed by atoms with van der Waals surface area (Å²) in [6, 6.07) is 12.4. The Hall–Kier alpha value is -3.58. The number of aryl methyl sites for hydroxylation is 1. The smallest absolute Gasteiger partial charge is 0.339 e. The quantitative estimate of drug-likeness (QED) is 0.126. The number of carbonyl (C=O) groups excluding carboxylic acids is 2. The maximum Gasteiger partial charge on any atom is 0.339 e. The molecule has 202 valence electrons. The Kier molecular flexibility index (Phi) is 8.21. The maximum absolute atomic E-state index is 12.9. The van der Waals surface area contributed by atoms with Gasteiger partial charge < -0.3 is 8.92 Å². The summed E-state index contributed by atoms with van der Waals surface area (Å²) in [6.07, 6.45) is 1.46. The molecule has 0 bridgehead atoms. The number of thioether (sulfide) groups is 1. The molecule has 0 aliphatic carbocycles. The highest BCUT2D eigenvalue weighted by Gasteiger charge is 2.35. The van der Waals surface area contributed by atoms with Crippen LogP contribution in [0.25, 0.3) is 6.08 Å². The molecule has 1 fully saturated rings. The third-order valence-corrected chi connectivity index (χ3v) is 8.29. The second-order valence-electron chi connectivity index (χ2n) is 8.16. The zero-order valence-electron chi connectivity index (χ0n) is 20.2. The van der Waals surface area contributed by atoms with Crippen LogP contribution in [-0.4, -0.2) is 36.5 Å². The highest BCUT2D eigenvalue weighted by molar-refractivity contribution is 8.18. The van der Waals surface area contributed by atoms with Crippen molar-refractivity contribution in [3.8, 4) is 11.5 Å². The van der Waals surface area contributed by atoms with Gasteiger partial charge in [0.25, 0.3) is 16.8 Å². The molecule has 0 saturated carbocycles.